The molecule has 0 bridgehead atoms. The fourth-order valence-corrected chi connectivity index (χ4v) is 2.82. The quantitative estimate of drug-likeness (QED) is 0.441. The van der Waals surface area contributed by atoms with Crippen molar-refractivity contribution in [2.45, 2.75) is 6.61 Å². The summed E-state index contributed by atoms with van der Waals surface area (Å²) in [4.78, 5) is 16.4. The van der Waals surface area contributed by atoms with Crippen LogP contribution in [0, 0.1) is 0 Å². The number of carbonyl (C=O) groups is 1. The highest BCUT2D eigenvalue weighted by molar-refractivity contribution is 7.12. The Morgan fingerprint density at radius 1 is 1.33 bits per heavy atom. The van der Waals surface area contributed by atoms with Crippen molar-refractivity contribution in [2.24, 2.45) is 5.84 Å². The van der Waals surface area contributed by atoms with E-state index in [9.17, 15) is 4.79 Å². The average Bonchev–Trinajstić information content (AvgIpc) is 3.00. The molecule has 1 aromatic carbocycles. The third-order valence-corrected chi connectivity index (χ3v) is 4.01. The van der Waals surface area contributed by atoms with Crippen molar-refractivity contribution in [1.29, 1.82) is 0 Å². The number of rotatable bonds is 4. The molecule has 21 heavy (non-hydrogen) atoms. The summed E-state index contributed by atoms with van der Waals surface area (Å²) in [5.74, 6) is 5.57. The normalized spacial score (nSPS) is 10.5. The molecule has 2 aromatic heterocycles. The van der Waals surface area contributed by atoms with Gasteiger partial charge in [0.2, 0.25) is 0 Å². The number of hydrazine groups is 1. The summed E-state index contributed by atoms with van der Waals surface area (Å²) >= 11 is 1.34. The molecule has 0 aliphatic heterocycles. The standard InChI is InChI=1S/C15H13N3O2S/c16-18-15(19)14-11(5-7-21-14)9-20-12-4-3-10-2-1-6-17-13(10)8-12/h1-8H,9,16H2,(H,18,19). The summed E-state index contributed by atoms with van der Waals surface area (Å²) < 4.78 is 5.74. The van der Waals surface area contributed by atoms with E-state index in [1.165, 1.54) is 11.3 Å². The zero-order valence-electron chi connectivity index (χ0n) is 11.1. The minimum Gasteiger partial charge on any atom is -0.489 e. The highest BCUT2D eigenvalue weighted by Crippen LogP contribution is 2.22. The van der Waals surface area contributed by atoms with Crippen LogP contribution in [0.4, 0.5) is 0 Å². The lowest BCUT2D eigenvalue weighted by Gasteiger charge is -2.07. The zero-order valence-corrected chi connectivity index (χ0v) is 11.9. The first-order valence-corrected chi connectivity index (χ1v) is 7.21. The van der Waals surface area contributed by atoms with E-state index >= 15 is 0 Å². The minimum absolute atomic E-state index is 0.302. The van der Waals surface area contributed by atoms with Gasteiger partial charge >= 0.3 is 0 Å². The predicted octanol–water partition coefficient (Wildman–Crippen LogP) is 2.48. The van der Waals surface area contributed by atoms with Crippen LogP contribution in [0.1, 0.15) is 15.2 Å². The fraction of sp³-hybridized carbons (Fsp3) is 0.0667. The second-order valence-corrected chi connectivity index (χ2v) is 5.31. The monoisotopic (exact) mass is 299 g/mol. The van der Waals surface area contributed by atoms with E-state index in [4.69, 9.17) is 10.6 Å². The van der Waals surface area contributed by atoms with Crippen molar-refractivity contribution in [1.82, 2.24) is 10.4 Å². The van der Waals surface area contributed by atoms with Gasteiger partial charge in [0.05, 0.1) is 10.4 Å². The lowest BCUT2D eigenvalue weighted by Crippen LogP contribution is -2.30. The lowest BCUT2D eigenvalue weighted by molar-refractivity contribution is 0.0955. The molecule has 0 saturated heterocycles. The van der Waals surface area contributed by atoms with Crippen LogP contribution in [0.15, 0.2) is 48.0 Å². The Hall–Kier alpha value is -2.44. The molecule has 0 aliphatic carbocycles. The van der Waals surface area contributed by atoms with E-state index in [-0.39, 0.29) is 5.91 Å². The van der Waals surface area contributed by atoms with Crippen LogP contribution >= 0.6 is 11.3 Å². The highest BCUT2D eigenvalue weighted by Gasteiger charge is 2.12. The third-order valence-electron chi connectivity index (χ3n) is 3.06. The van der Waals surface area contributed by atoms with Gasteiger partial charge in [-0.15, -0.1) is 11.3 Å². The van der Waals surface area contributed by atoms with E-state index in [1.807, 2.05) is 41.8 Å². The van der Waals surface area contributed by atoms with Crippen molar-refractivity contribution in [3.8, 4) is 5.75 Å². The molecule has 0 unspecified atom stereocenters. The molecule has 3 aromatic rings. The summed E-state index contributed by atoms with van der Waals surface area (Å²) in [5, 5.41) is 2.90. The minimum atomic E-state index is -0.302. The van der Waals surface area contributed by atoms with Crippen LogP contribution in [0.25, 0.3) is 10.9 Å². The molecule has 3 rings (SSSR count). The number of amides is 1. The van der Waals surface area contributed by atoms with Gasteiger partial charge in [0.25, 0.3) is 5.91 Å². The van der Waals surface area contributed by atoms with E-state index in [0.29, 0.717) is 17.2 Å². The van der Waals surface area contributed by atoms with Gasteiger partial charge in [0, 0.05) is 23.2 Å². The number of thiophene rings is 1. The van der Waals surface area contributed by atoms with Gasteiger partial charge in [-0.2, -0.15) is 0 Å². The molecule has 0 saturated carbocycles. The van der Waals surface area contributed by atoms with E-state index < -0.39 is 0 Å². The summed E-state index contributed by atoms with van der Waals surface area (Å²) in [6.45, 7) is 0.310. The van der Waals surface area contributed by atoms with Gasteiger partial charge in [-0.1, -0.05) is 6.07 Å². The first-order chi connectivity index (χ1) is 10.3. The molecular weight excluding hydrogens is 286 g/mol. The second-order valence-electron chi connectivity index (χ2n) is 4.40. The smallest absolute Gasteiger partial charge is 0.275 e. The van der Waals surface area contributed by atoms with Crippen molar-refractivity contribution in [2.75, 3.05) is 0 Å². The molecule has 1 amide bonds. The fourth-order valence-electron chi connectivity index (χ4n) is 2.01. The number of hydrogen-bond donors (Lipinski definition) is 2. The lowest BCUT2D eigenvalue weighted by atomic mass is 10.2. The van der Waals surface area contributed by atoms with Gasteiger partial charge in [-0.3, -0.25) is 15.2 Å². The third kappa shape index (κ3) is 2.86. The highest BCUT2D eigenvalue weighted by atomic mass is 32.1. The van der Waals surface area contributed by atoms with Crippen molar-refractivity contribution in [3.05, 3.63) is 58.4 Å². The van der Waals surface area contributed by atoms with Gasteiger partial charge in [-0.05, 0) is 29.6 Å². The van der Waals surface area contributed by atoms with Crippen LogP contribution in [0.5, 0.6) is 5.75 Å². The zero-order chi connectivity index (χ0) is 14.7. The maximum absolute atomic E-state index is 11.6. The van der Waals surface area contributed by atoms with E-state index in [2.05, 4.69) is 10.4 Å². The van der Waals surface area contributed by atoms with Gasteiger partial charge < -0.3 is 4.74 Å². The Labute approximate surface area is 125 Å². The van der Waals surface area contributed by atoms with Crippen molar-refractivity contribution in [3.63, 3.8) is 0 Å². The Morgan fingerprint density at radius 2 is 2.24 bits per heavy atom. The number of benzene rings is 1. The van der Waals surface area contributed by atoms with Crippen LogP contribution in [0.2, 0.25) is 0 Å². The molecule has 0 radical (unpaired) electrons. The Balaban J connectivity index is 1.77. The van der Waals surface area contributed by atoms with Gasteiger partial charge in [0.15, 0.2) is 0 Å². The molecule has 0 atom stereocenters. The van der Waals surface area contributed by atoms with E-state index in [1.54, 1.807) is 6.20 Å². The number of carbonyl (C=O) groups excluding carboxylic acids is 1. The number of nitrogens with two attached hydrogens (primary N) is 1. The van der Waals surface area contributed by atoms with Crippen LogP contribution in [0.3, 0.4) is 0 Å². The van der Waals surface area contributed by atoms with Crippen LogP contribution < -0.4 is 16.0 Å². The number of nitrogens with zero attached hydrogens (tertiary/aromatic N) is 1. The number of nitrogen functional groups attached to an aromatic ring is 1. The molecule has 2 heterocycles. The first-order valence-electron chi connectivity index (χ1n) is 6.33. The maximum Gasteiger partial charge on any atom is 0.275 e. The first kappa shape index (κ1) is 13.5. The molecule has 0 fully saturated rings. The Kier molecular flexibility index (Phi) is 3.81. The molecule has 5 nitrogen and oxygen atoms in total. The average molecular weight is 299 g/mol. The van der Waals surface area contributed by atoms with Crippen molar-refractivity contribution < 1.29 is 9.53 Å². The summed E-state index contributed by atoms with van der Waals surface area (Å²) in [5.41, 5.74) is 3.82. The van der Waals surface area contributed by atoms with Crippen LogP contribution in [-0.2, 0) is 6.61 Å². The molecule has 6 heteroatoms. The second kappa shape index (κ2) is 5.90. The molecular formula is C15H13N3O2S. The molecule has 0 aliphatic rings. The number of nitrogens with one attached hydrogen (secondary N) is 1. The number of fused-ring (bicyclic) bond motifs is 1. The summed E-state index contributed by atoms with van der Waals surface area (Å²) in [6.07, 6.45) is 1.74. The maximum atomic E-state index is 11.6. The number of hydrogen-bond acceptors (Lipinski definition) is 5. The van der Waals surface area contributed by atoms with Gasteiger partial charge in [-0.25, -0.2) is 5.84 Å². The van der Waals surface area contributed by atoms with Gasteiger partial charge in [0.1, 0.15) is 12.4 Å². The van der Waals surface area contributed by atoms with Crippen molar-refractivity contribution >= 4 is 28.1 Å². The summed E-state index contributed by atoms with van der Waals surface area (Å²) in [6, 6.07) is 11.5. The topological polar surface area (TPSA) is 77.2 Å². The number of aromatic nitrogens is 1. The predicted molar refractivity (Wildman–Crippen MR) is 82.0 cm³/mol. The Morgan fingerprint density at radius 3 is 3.10 bits per heavy atom. The number of ether oxygens (including phenoxy) is 1. The number of pyridine rings is 1. The van der Waals surface area contributed by atoms with E-state index in [0.717, 1.165) is 16.5 Å². The molecule has 3 N–H and O–H groups in total. The SMILES string of the molecule is NNC(=O)c1sccc1COc1ccc2cccnc2c1. The molecule has 106 valence electrons. The van der Waals surface area contributed by atoms with Crippen LogP contribution in [-0.4, -0.2) is 10.9 Å². The Bertz CT molecular complexity index is 785. The summed E-state index contributed by atoms with van der Waals surface area (Å²) in [7, 11) is 0. The molecule has 0 spiro atoms. The largest absolute Gasteiger partial charge is 0.489 e.